The number of Topliss-reactive ketones (excluding diaryl/α,β-unsaturated/α-hetero) is 1. The molecule has 0 fully saturated rings. The molecule has 134 valence electrons. The molecular formula is C21H21NO4. The monoisotopic (exact) mass is 351 g/mol. The smallest absolute Gasteiger partial charge is 0.344 e. The summed E-state index contributed by atoms with van der Waals surface area (Å²) in [6, 6.07) is 13.1. The van der Waals surface area contributed by atoms with Crippen LogP contribution in [-0.2, 0) is 9.53 Å². The van der Waals surface area contributed by atoms with Crippen LogP contribution in [0.3, 0.4) is 0 Å². The highest BCUT2D eigenvalue weighted by atomic mass is 16.6. The Labute approximate surface area is 151 Å². The molecular weight excluding hydrogens is 330 g/mol. The van der Waals surface area contributed by atoms with Crippen LogP contribution in [0.15, 0.2) is 48.7 Å². The third-order valence-electron chi connectivity index (χ3n) is 4.43. The van der Waals surface area contributed by atoms with Gasteiger partial charge in [0.1, 0.15) is 5.75 Å². The Morgan fingerprint density at radius 2 is 1.85 bits per heavy atom. The number of fused-ring (bicyclic) bond motifs is 1. The number of para-hydroxylation sites is 1. The van der Waals surface area contributed by atoms with Crippen LogP contribution in [-0.4, -0.2) is 29.4 Å². The summed E-state index contributed by atoms with van der Waals surface area (Å²) < 4.78 is 10.8. The summed E-state index contributed by atoms with van der Waals surface area (Å²) in [5.41, 5.74) is 3.44. The van der Waals surface area contributed by atoms with Crippen molar-refractivity contribution in [3.63, 3.8) is 0 Å². The first kappa shape index (κ1) is 17.7. The van der Waals surface area contributed by atoms with E-state index in [1.54, 1.807) is 19.2 Å². The molecule has 0 aliphatic rings. The lowest BCUT2D eigenvalue weighted by Crippen LogP contribution is -2.27. The van der Waals surface area contributed by atoms with E-state index < -0.39 is 12.1 Å². The molecule has 0 bridgehead atoms. The Hall–Kier alpha value is -3.08. The molecule has 1 atom stereocenters. The highest BCUT2D eigenvalue weighted by Gasteiger charge is 2.22. The molecule has 0 spiro atoms. The number of aryl methyl sites for hydroxylation is 1. The number of hydrogen-bond acceptors (Lipinski definition) is 4. The van der Waals surface area contributed by atoms with Gasteiger partial charge < -0.3 is 14.5 Å². The van der Waals surface area contributed by atoms with E-state index in [-0.39, 0.29) is 12.4 Å². The van der Waals surface area contributed by atoms with Crippen LogP contribution in [0, 0.1) is 13.8 Å². The van der Waals surface area contributed by atoms with E-state index in [2.05, 4.69) is 4.98 Å². The number of nitrogens with one attached hydrogen (secondary N) is 1. The minimum atomic E-state index is -0.885. The predicted octanol–water partition coefficient (Wildman–Crippen LogP) is 3.98. The lowest BCUT2D eigenvalue weighted by atomic mass is 10.1. The van der Waals surface area contributed by atoms with Gasteiger partial charge in [-0.05, 0) is 44.0 Å². The largest absolute Gasteiger partial charge is 0.482 e. The summed E-state index contributed by atoms with van der Waals surface area (Å²) in [4.78, 5) is 27.7. The van der Waals surface area contributed by atoms with Crippen LogP contribution in [0.5, 0.6) is 5.75 Å². The number of H-pyrrole nitrogens is 1. The van der Waals surface area contributed by atoms with Gasteiger partial charge in [0.15, 0.2) is 12.7 Å². The Morgan fingerprint density at radius 3 is 2.65 bits per heavy atom. The van der Waals surface area contributed by atoms with E-state index in [9.17, 15) is 9.59 Å². The van der Waals surface area contributed by atoms with Gasteiger partial charge in [0.25, 0.3) is 0 Å². The standard InChI is InChI=1S/C21H21NO4/c1-13-7-6-10-19(14(13)2)25-12-20(23)26-15(3)21(24)17-11-22-18-9-5-4-8-16(17)18/h4-11,15,22H,12H2,1-3H3/t15-/m1/s1. The number of ether oxygens (including phenoxy) is 2. The number of ketones is 1. The molecule has 2 aromatic carbocycles. The Balaban J connectivity index is 1.62. The van der Waals surface area contributed by atoms with Crippen molar-refractivity contribution in [1.29, 1.82) is 0 Å². The average molecular weight is 351 g/mol. The van der Waals surface area contributed by atoms with Gasteiger partial charge in [-0.3, -0.25) is 4.79 Å². The highest BCUT2D eigenvalue weighted by Crippen LogP contribution is 2.21. The van der Waals surface area contributed by atoms with Crippen molar-refractivity contribution in [2.45, 2.75) is 26.9 Å². The molecule has 3 aromatic rings. The minimum Gasteiger partial charge on any atom is -0.482 e. The number of esters is 1. The van der Waals surface area contributed by atoms with Gasteiger partial charge in [-0.1, -0.05) is 30.3 Å². The van der Waals surface area contributed by atoms with Gasteiger partial charge in [0, 0.05) is 22.7 Å². The highest BCUT2D eigenvalue weighted by molar-refractivity contribution is 6.10. The quantitative estimate of drug-likeness (QED) is 0.539. The van der Waals surface area contributed by atoms with E-state index in [1.165, 1.54) is 0 Å². The summed E-state index contributed by atoms with van der Waals surface area (Å²) in [5.74, 6) is -0.188. The fourth-order valence-corrected chi connectivity index (χ4v) is 2.80. The molecule has 5 heteroatoms. The van der Waals surface area contributed by atoms with E-state index in [0.717, 1.165) is 22.0 Å². The number of benzene rings is 2. The maximum absolute atomic E-state index is 12.6. The molecule has 0 aliphatic heterocycles. The zero-order chi connectivity index (χ0) is 18.7. The molecule has 26 heavy (non-hydrogen) atoms. The van der Waals surface area contributed by atoms with Crippen LogP contribution in [0.1, 0.15) is 28.4 Å². The van der Waals surface area contributed by atoms with E-state index >= 15 is 0 Å². The topological polar surface area (TPSA) is 68.4 Å². The van der Waals surface area contributed by atoms with Gasteiger partial charge >= 0.3 is 5.97 Å². The number of aromatic amines is 1. The first-order valence-electron chi connectivity index (χ1n) is 8.46. The van der Waals surface area contributed by atoms with Crippen LogP contribution in [0.25, 0.3) is 10.9 Å². The summed E-state index contributed by atoms with van der Waals surface area (Å²) in [6.07, 6.45) is 0.758. The number of hydrogen-bond donors (Lipinski definition) is 1. The van der Waals surface area contributed by atoms with Crippen molar-refractivity contribution in [2.24, 2.45) is 0 Å². The first-order chi connectivity index (χ1) is 12.5. The third-order valence-corrected chi connectivity index (χ3v) is 4.43. The zero-order valence-electron chi connectivity index (χ0n) is 15.0. The molecule has 5 nitrogen and oxygen atoms in total. The number of carbonyl (C=O) groups is 2. The van der Waals surface area contributed by atoms with Crippen molar-refractivity contribution >= 4 is 22.7 Å². The Bertz CT molecular complexity index is 958. The lowest BCUT2D eigenvalue weighted by Gasteiger charge is -2.14. The van der Waals surface area contributed by atoms with Crippen LogP contribution in [0.2, 0.25) is 0 Å². The van der Waals surface area contributed by atoms with Gasteiger partial charge in [-0.2, -0.15) is 0 Å². The molecule has 0 saturated heterocycles. The molecule has 0 saturated carbocycles. The van der Waals surface area contributed by atoms with Gasteiger partial charge in [0.05, 0.1) is 0 Å². The zero-order valence-corrected chi connectivity index (χ0v) is 15.0. The van der Waals surface area contributed by atoms with Crippen molar-refractivity contribution in [2.75, 3.05) is 6.61 Å². The second-order valence-corrected chi connectivity index (χ2v) is 6.23. The lowest BCUT2D eigenvalue weighted by molar-refractivity contribution is -0.148. The number of aromatic nitrogens is 1. The number of rotatable bonds is 6. The number of carbonyl (C=O) groups excluding carboxylic acids is 2. The second kappa shape index (κ2) is 7.44. The summed E-state index contributed by atoms with van der Waals surface area (Å²) >= 11 is 0. The predicted molar refractivity (Wildman–Crippen MR) is 99.6 cm³/mol. The Kier molecular flexibility index (Phi) is 5.07. The van der Waals surface area contributed by atoms with E-state index in [1.807, 2.05) is 50.2 Å². The fraction of sp³-hybridized carbons (Fsp3) is 0.238. The van der Waals surface area contributed by atoms with Gasteiger partial charge in [-0.15, -0.1) is 0 Å². The second-order valence-electron chi connectivity index (χ2n) is 6.23. The molecule has 1 heterocycles. The van der Waals surface area contributed by atoms with E-state index in [0.29, 0.717) is 11.3 Å². The molecule has 1 N–H and O–H groups in total. The molecule has 0 amide bonds. The molecule has 3 rings (SSSR count). The van der Waals surface area contributed by atoms with Crippen molar-refractivity contribution in [1.82, 2.24) is 4.98 Å². The van der Waals surface area contributed by atoms with Crippen molar-refractivity contribution in [3.05, 3.63) is 65.4 Å². The normalized spacial score (nSPS) is 12.0. The first-order valence-corrected chi connectivity index (χ1v) is 8.46. The van der Waals surface area contributed by atoms with E-state index in [4.69, 9.17) is 9.47 Å². The molecule has 1 aromatic heterocycles. The summed E-state index contributed by atoms with van der Waals surface area (Å²) in [5, 5.41) is 0.812. The molecule has 0 unspecified atom stereocenters. The maximum Gasteiger partial charge on any atom is 0.344 e. The molecule has 0 aliphatic carbocycles. The maximum atomic E-state index is 12.6. The molecule has 0 radical (unpaired) electrons. The average Bonchev–Trinajstić information content (AvgIpc) is 3.06. The SMILES string of the molecule is Cc1cccc(OCC(=O)O[C@H](C)C(=O)c2c[nH]c3ccccc23)c1C. The minimum absolute atomic E-state index is 0.240. The van der Waals surface area contributed by atoms with Crippen LogP contribution < -0.4 is 4.74 Å². The van der Waals surface area contributed by atoms with Crippen molar-refractivity contribution in [3.8, 4) is 5.75 Å². The van der Waals surface area contributed by atoms with Gasteiger partial charge in [0.2, 0.25) is 5.78 Å². The summed E-state index contributed by atoms with van der Waals surface area (Å²) in [6.45, 7) is 5.23. The van der Waals surface area contributed by atoms with Crippen molar-refractivity contribution < 1.29 is 19.1 Å². The Morgan fingerprint density at radius 1 is 1.08 bits per heavy atom. The third kappa shape index (κ3) is 3.61. The fourth-order valence-electron chi connectivity index (χ4n) is 2.80. The van der Waals surface area contributed by atoms with Gasteiger partial charge in [-0.25, -0.2) is 4.79 Å². The van der Waals surface area contributed by atoms with Crippen LogP contribution in [0.4, 0.5) is 0 Å². The van der Waals surface area contributed by atoms with Crippen LogP contribution >= 0.6 is 0 Å². The summed E-state index contributed by atoms with van der Waals surface area (Å²) in [7, 11) is 0.